The average Bonchev–Trinajstić information content (AvgIpc) is 2.80. The van der Waals surface area contributed by atoms with E-state index in [1.165, 1.54) is 12.1 Å². The molecule has 0 atom stereocenters. The molecule has 0 aliphatic heterocycles. The number of hydrogen-bond donors (Lipinski definition) is 1. The number of ether oxygens (including phenoxy) is 1. The molecule has 1 aromatic carbocycles. The van der Waals surface area contributed by atoms with Gasteiger partial charge >= 0.3 is 0 Å². The van der Waals surface area contributed by atoms with E-state index in [9.17, 15) is 9.18 Å². The van der Waals surface area contributed by atoms with Gasteiger partial charge in [0.1, 0.15) is 11.6 Å². The molecule has 1 aromatic heterocycles. The third-order valence-electron chi connectivity index (χ3n) is 2.24. The Balaban J connectivity index is 2.48. The molecule has 1 N–H and O–H groups in total. The molecule has 0 aliphatic carbocycles. The molecule has 0 saturated heterocycles. The quantitative estimate of drug-likeness (QED) is 0.826. The third-order valence-corrected chi connectivity index (χ3v) is 2.24. The van der Waals surface area contributed by atoms with Gasteiger partial charge in [0.2, 0.25) is 0 Å². The average molecular weight is 234 g/mol. The number of aldehydes is 1. The van der Waals surface area contributed by atoms with Crippen molar-refractivity contribution in [1.82, 2.24) is 10.2 Å². The molecule has 5 heteroatoms. The zero-order chi connectivity index (χ0) is 12.3. The van der Waals surface area contributed by atoms with Crippen LogP contribution >= 0.6 is 0 Å². The van der Waals surface area contributed by atoms with Crippen molar-refractivity contribution in [3.8, 4) is 17.0 Å². The molecule has 0 aliphatic rings. The van der Waals surface area contributed by atoms with E-state index in [0.717, 1.165) is 0 Å². The van der Waals surface area contributed by atoms with Gasteiger partial charge in [0.25, 0.3) is 0 Å². The molecule has 0 fully saturated rings. The Morgan fingerprint density at radius 2 is 2.29 bits per heavy atom. The van der Waals surface area contributed by atoms with Gasteiger partial charge in [-0.05, 0) is 31.2 Å². The van der Waals surface area contributed by atoms with Crippen LogP contribution in [0.1, 0.15) is 17.4 Å². The molecule has 0 amide bonds. The van der Waals surface area contributed by atoms with E-state index in [2.05, 4.69) is 10.2 Å². The number of nitrogens with zero attached hydrogens (tertiary/aromatic N) is 1. The van der Waals surface area contributed by atoms with Crippen LogP contribution in [-0.4, -0.2) is 23.1 Å². The molecule has 0 saturated carbocycles. The van der Waals surface area contributed by atoms with Crippen LogP contribution in [0.5, 0.6) is 5.75 Å². The van der Waals surface area contributed by atoms with Gasteiger partial charge in [-0.25, -0.2) is 4.39 Å². The topological polar surface area (TPSA) is 55.0 Å². The Bertz CT molecular complexity index is 537. The lowest BCUT2D eigenvalue weighted by Gasteiger charge is -2.07. The van der Waals surface area contributed by atoms with E-state index in [1.807, 2.05) is 6.92 Å². The first-order valence-corrected chi connectivity index (χ1v) is 5.18. The molecule has 4 nitrogen and oxygen atoms in total. The normalized spacial score (nSPS) is 10.2. The number of aromatic amines is 1. The summed E-state index contributed by atoms with van der Waals surface area (Å²) in [6, 6.07) is 5.74. The van der Waals surface area contributed by atoms with Crippen molar-refractivity contribution in [3.63, 3.8) is 0 Å². The summed E-state index contributed by atoms with van der Waals surface area (Å²) in [5.74, 6) is 0.164. The van der Waals surface area contributed by atoms with Crippen LogP contribution in [0.15, 0.2) is 24.3 Å². The molecule has 0 spiro atoms. The Morgan fingerprint density at radius 1 is 1.47 bits per heavy atom. The lowest BCUT2D eigenvalue weighted by Crippen LogP contribution is -1.94. The molecule has 88 valence electrons. The summed E-state index contributed by atoms with van der Waals surface area (Å²) in [5.41, 5.74) is 1.35. The van der Waals surface area contributed by atoms with Gasteiger partial charge in [0, 0.05) is 5.56 Å². The van der Waals surface area contributed by atoms with E-state index in [-0.39, 0.29) is 5.82 Å². The van der Waals surface area contributed by atoms with E-state index in [0.29, 0.717) is 35.6 Å². The second-order valence-corrected chi connectivity index (χ2v) is 3.40. The van der Waals surface area contributed by atoms with Crippen molar-refractivity contribution in [1.29, 1.82) is 0 Å². The van der Waals surface area contributed by atoms with Crippen molar-refractivity contribution in [2.24, 2.45) is 0 Å². The maximum absolute atomic E-state index is 13.2. The predicted molar refractivity (Wildman–Crippen MR) is 60.5 cm³/mol. The summed E-state index contributed by atoms with van der Waals surface area (Å²) in [5, 5.41) is 6.49. The summed E-state index contributed by atoms with van der Waals surface area (Å²) < 4.78 is 18.6. The number of nitrogens with one attached hydrogen (secondary N) is 1. The fourth-order valence-electron chi connectivity index (χ4n) is 1.52. The molecular formula is C12H11FN2O2. The minimum atomic E-state index is -0.376. The second kappa shape index (κ2) is 4.78. The van der Waals surface area contributed by atoms with E-state index in [1.54, 1.807) is 12.1 Å². The number of halogens is 1. The molecule has 0 radical (unpaired) electrons. The van der Waals surface area contributed by atoms with Gasteiger partial charge in [-0.15, -0.1) is 0 Å². The molecule has 2 aromatic rings. The van der Waals surface area contributed by atoms with Crippen molar-refractivity contribution < 1.29 is 13.9 Å². The maximum atomic E-state index is 13.2. The maximum Gasteiger partial charge on any atom is 0.167 e. The highest BCUT2D eigenvalue weighted by molar-refractivity contribution is 5.76. The zero-order valence-electron chi connectivity index (χ0n) is 9.24. The number of H-pyrrole nitrogens is 1. The lowest BCUT2D eigenvalue weighted by atomic mass is 10.1. The van der Waals surface area contributed by atoms with Gasteiger partial charge in [-0.1, -0.05) is 0 Å². The van der Waals surface area contributed by atoms with Gasteiger partial charge in [0.15, 0.2) is 6.29 Å². The fourth-order valence-corrected chi connectivity index (χ4v) is 1.52. The van der Waals surface area contributed by atoms with Crippen LogP contribution in [0.3, 0.4) is 0 Å². The summed E-state index contributed by atoms with van der Waals surface area (Å²) in [6.07, 6.45) is 0.649. The molecule has 1 heterocycles. The van der Waals surface area contributed by atoms with Gasteiger partial charge < -0.3 is 4.74 Å². The summed E-state index contributed by atoms with van der Waals surface area (Å²) in [7, 11) is 0. The van der Waals surface area contributed by atoms with Gasteiger partial charge in [-0.3, -0.25) is 9.89 Å². The Morgan fingerprint density at radius 3 is 2.94 bits per heavy atom. The number of benzene rings is 1. The number of hydrogen-bond acceptors (Lipinski definition) is 3. The Hall–Kier alpha value is -2.17. The molecule has 17 heavy (non-hydrogen) atoms. The summed E-state index contributed by atoms with van der Waals surface area (Å²) >= 11 is 0. The molecule has 0 bridgehead atoms. The first-order chi connectivity index (χ1) is 8.24. The highest BCUT2D eigenvalue weighted by atomic mass is 19.1. The van der Waals surface area contributed by atoms with Crippen molar-refractivity contribution in [2.75, 3.05) is 6.61 Å². The van der Waals surface area contributed by atoms with Crippen molar-refractivity contribution in [2.45, 2.75) is 6.92 Å². The largest absolute Gasteiger partial charge is 0.493 e. The van der Waals surface area contributed by atoms with Crippen molar-refractivity contribution >= 4 is 6.29 Å². The second-order valence-electron chi connectivity index (χ2n) is 3.40. The van der Waals surface area contributed by atoms with Crippen LogP contribution in [0.2, 0.25) is 0 Å². The van der Waals surface area contributed by atoms with Gasteiger partial charge in [-0.2, -0.15) is 5.10 Å². The predicted octanol–water partition coefficient (Wildman–Crippen LogP) is 2.43. The standard InChI is InChI=1S/C12H11FN2O2/c1-2-17-12-4-3-8(13)5-10(12)11-6-9(7-16)14-15-11/h3-7H,2H2,1H3,(H,14,15). The SMILES string of the molecule is CCOc1ccc(F)cc1-c1cc(C=O)[nH]n1. The van der Waals surface area contributed by atoms with Crippen LogP contribution in [0, 0.1) is 5.82 Å². The molecule has 0 unspecified atom stereocenters. The summed E-state index contributed by atoms with van der Waals surface area (Å²) in [6.45, 7) is 2.32. The number of carbonyl (C=O) groups is 1. The van der Waals surface area contributed by atoms with Crippen LogP contribution < -0.4 is 4.74 Å². The van der Waals surface area contributed by atoms with Crippen LogP contribution in [0.25, 0.3) is 11.3 Å². The fraction of sp³-hybridized carbons (Fsp3) is 0.167. The molecule has 2 rings (SSSR count). The lowest BCUT2D eigenvalue weighted by molar-refractivity contribution is 0.111. The molecular weight excluding hydrogens is 223 g/mol. The Labute approximate surface area is 97.4 Å². The van der Waals surface area contributed by atoms with E-state index in [4.69, 9.17) is 4.74 Å². The zero-order valence-corrected chi connectivity index (χ0v) is 9.24. The first-order valence-electron chi connectivity index (χ1n) is 5.18. The van der Waals surface area contributed by atoms with E-state index >= 15 is 0 Å². The van der Waals surface area contributed by atoms with Gasteiger partial charge in [0.05, 0.1) is 18.0 Å². The number of carbonyl (C=O) groups excluding carboxylic acids is 1. The minimum absolute atomic E-state index is 0.340. The monoisotopic (exact) mass is 234 g/mol. The van der Waals surface area contributed by atoms with E-state index < -0.39 is 0 Å². The first kappa shape index (κ1) is 11.3. The van der Waals surface area contributed by atoms with Crippen LogP contribution in [-0.2, 0) is 0 Å². The third kappa shape index (κ3) is 2.33. The highest BCUT2D eigenvalue weighted by Crippen LogP contribution is 2.29. The smallest absolute Gasteiger partial charge is 0.167 e. The number of aromatic nitrogens is 2. The highest BCUT2D eigenvalue weighted by Gasteiger charge is 2.11. The summed E-state index contributed by atoms with van der Waals surface area (Å²) in [4.78, 5) is 10.6. The number of rotatable bonds is 4. The Kier molecular flexibility index (Phi) is 3.18. The van der Waals surface area contributed by atoms with Crippen LogP contribution in [0.4, 0.5) is 4.39 Å². The van der Waals surface area contributed by atoms with Crippen molar-refractivity contribution in [3.05, 3.63) is 35.8 Å². The minimum Gasteiger partial charge on any atom is -0.493 e.